The lowest BCUT2D eigenvalue weighted by Crippen LogP contribution is -2.12. The van der Waals surface area contributed by atoms with Gasteiger partial charge in [0.1, 0.15) is 0 Å². The van der Waals surface area contributed by atoms with Gasteiger partial charge in [-0.3, -0.25) is 4.99 Å². The molecule has 2 heterocycles. The quantitative estimate of drug-likeness (QED) is 0.655. The molecular formula is C7H5ClN2O2. The molecule has 5 heteroatoms. The first-order valence-electron chi connectivity index (χ1n) is 3.04. The van der Waals surface area contributed by atoms with Gasteiger partial charge in [0.2, 0.25) is 0 Å². The Morgan fingerprint density at radius 1 is 1.42 bits per heavy atom. The number of carbonyl (C=O) groups is 1. The van der Waals surface area contributed by atoms with Gasteiger partial charge >= 0.3 is 5.97 Å². The van der Waals surface area contributed by atoms with Crippen LogP contribution in [0.1, 0.15) is 0 Å². The average molecular weight is 185 g/mol. The summed E-state index contributed by atoms with van der Waals surface area (Å²) in [5.74, 6) is -1.01. The molecule has 0 aromatic heterocycles. The Morgan fingerprint density at radius 2 is 2.17 bits per heavy atom. The van der Waals surface area contributed by atoms with Crippen LogP contribution in [0.4, 0.5) is 0 Å². The third kappa shape index (κ3) is 1.06. The fourth-order valence-electron chi connectivity index (χ4n) is 1.01. The molecule has 0 aromatic carbocycles. The highest BCUT2D eigenvalue weighted by Crippen LogP contribution is 2.21. The van der Waals surface area contributed by atoms with Crippen LogP contribution in [0.15, 0.2) is 33.5 Å². The topological polar surface area (TPSA) is 62.0 Å². The molecule has 2 aliphatic rings. The van der Waals surface area contributed by atoms with Gasteiger partial charge in [-0.15, -0.1) is 12.4 Å². The summed E-state index contributed by atoms with van der Waals surface area (Å²) in [5, 5.41) is 8.60. The molecule has 2 aliphatic heterocycles. The molecule has 62 valence electrons. The van der Waals surface area contributed by atoms with E-state index < -0.39 is 5.97 Å². The molecule has 1 N–H and O–H groups in total. The van der Waals surface area contributed by atoms with Gasteiger partial charge in [0, 0.05) is 29.8 Å². The standard InChI is InChI=1S/C7H4N2O2.ClH/c10-7(11)6-5-3-8-1-4(5)2-9-6;/h1-3H,(H,10,11);1H. The van der Waals surface area contributed by atoms with E-state index in [1.54, 1.807) is 6.21 Å². The Bertz CT molecular complexity index is 352. The van der Waals surface area contributed by atoms with Crippen LogP contribution in [0, 0.1) is 0 Å². The number of aliphatic carboxylic acids is 1. The van der Waals surface area contributed by atoms with Crippen molar-refractivity contribution in [2.75, 3.05) is 0 Å². The van der Waals surface area contributed by atoms with Crippen molar-refractivity contribution in [3.63, 3.8) is 0 Å². The van der Waals surface area contributed by atoms with Gasteiger partial charge in [-0.2, -0.15) is 0 Å². The Morgan fingerprint density at radius 3 is 2.83 bits per heavy atom. The van der Waals surface area contributed by atoms with Crippen LogP contribution in [0.2, 0.25) is 0 Å². The smallest absolute Gasteiger partial charge is 0.355 e. The summed E-state index contributed by atoms with van der Waals surface area (Å²) < 4.78 is 0. The van der Waals surface area contributed by atoms with Crippen molar-refractivity contribution in [2.45, 2.75) is 0 Å². The summed E-state index contributed by atoms with van der Waals surface area (Å²) in [6.07, 6.45) is 4.60. The average Bonchev–Trinajstić information content (AvgIpc) is 2.41. The second-order valence-electron chi connectivity index (χ2n) is 2.19. The van der Waals surface area contributed by atoms with Gasteiger partial charge in [0.25, 0.3) is 0 Å². The zero-order valence-corrected chi connectivity index (χ0v) is 6.71. The first kappa shape index (κ1) is 8.67. The molecule has 0 atom stereocenters. The summed E-state index contributed by atoms with van der Waals surface area (Å²) in [4.78, 5) is 18.0. The summed E-state index contributed by atoms with van der Waals surface area (Å²) >= 11 is 0. The lowest BCUT2D eigenvalue weighted by molar-refractivity contribution is -0.129. The fourth-order valence-corrected chi connectivity index (χ4v) is 1.01. The van der Waals surface area contributed by atoms with Crippen molar-refractivity contribution in [3.8, 4) is 0 Å². The van der Waals surface area contributed by atoms with Crippen molar-refractivity contribution in [1.29, 1.82) is 0 Å². The number of hydrogen-bond acceptors (Lipinski definition) is 3. The highest BCUT2D eigenvalue weighted by atomic mass is 35.5. The first-order chi connectivity index (χ1) is 5.29. The fraction of sp³-hybridized carbons (Fsp3) is 0. The summed E-state index contributed by atoms with van der Waals surface area (Å²) in [5.41, 5.74) is 1.47. The molecule has 12 heavy (non-hydrogen) atoms. The van der Waals surface area contributed by atoms with Crippen LogP contribution in [0.25, 0.3) is 0 Å². The van der Waals surface area contributed by atoms with Crippen LogP contribution >= 0.6 is 12.4 Å². The second-order valence-corrected chi connectivity index (χ2v) is 2.19. The molecule has 0 fully saturated rings. The third-order valence-electron chi connectivity index (χ3n) is 1.52. The molecule has 0 bridgehead atoms. The van der Waals surface area contributed by atoms with E-state index >= 15 is 0 Å². The maximum Gasteiger partial charge on any atom is 0.355 e. The molecule has 0 aromatic rings. The summed E-state index contributed by atoms with van der Waals surface area (Å²) in [6, 6.07) is 0. The largest absolute Gasteiger partial charge is 0.476 e. The summed E-state index contributed by atoms with van der Waals surface area (Å²) in [7, 11) is 0. The minimum atomic E-state index is -1.01. The van der Waals surface area contributed by atoms with E-state index in [1.165, 1.54) is 12.4 Å². The van der Waals surface area contributed by atoms with Crippen molar-refractivity contribution >= 4 is 30.3 Å². The molecule has 0 amide bonds. The van der Waals surface area contributed by atoms with E-state index in [9.17, 15) is 4.79 Å². The SMILES string of the molecule is Cl.O=C(O)C1=NC=C2C=NC=C21. The van der Waals surface area contributed by atoms with E-state index in [2.05, 4.69) is 9.98 Å². The monoisotopic (exact) mass is 184 g/mol. The lowest BCUT2D eigenvalue weighted by Gasteiger charge is -1.92. The minimum absolute atomic E-state index is 0. The Labute approximate surface area is 74.4 Å². The van der Waals surface area contributed by atoms with Crippen molar-refractivity contribution < 1.29 is 9.90 Å². The molecule has 0 saturated carbocycles. The number of allylic oxidation sites excluding steroid dienone is 1. The normalized spacial score (nSPS) is 17.5. The van der Waals surface area contributed by atoms with E-state index in [-0.39, 0.29) is 18.1 Å². The molecule has 0 unspecified atom stereocenters. The van der Waals surface area contributed by atoms with Gasteiger partial charge in [-0.05, 0) is 0 Å². The van der Waals surface area contributed by atoms with Crippen LogP contribution in [0.3, 0.4) is 0 Å². The maximum absolute atomic E-state index is 10.5. The zero-order valence-electron chi connectivity index (χ0n) is 5.89. The Hall–Kier alpha value is -1.42. The Balaban J connectivity index is 0.000000720. The van der Waals surface area contributed by atoms with E-state index in [0.717, 1.165) is 5.57 Å². The highest BCUT2D eigenvalue weighted by molar-refractivity contribution is 6.46. The van der Waals surface area contributed by atoms with Crippen LogP contribution in [-0.4, -0.2) is 23.0 Å². The van der Waals surface area contributed by atoms with Crippen LogP contribution < -0.4 is 0 Å². The molecule has 0 spiro atoms. The van der Waals surface area contributed by atoms with Crippen molar-refractivity contribution in [3.05, 3.63) is 23.5 Å². The predicted molar refractivity (Wildman–Crippen MR) is 47.0 cm³/mol. The minimum Gasteiger partial charge on any atom is -0.476 e. The number of hydrogen-bond donors (Lipinski definition) is 1. The number of halogens is 1. The van der Waals surface area contributed by atoms with Gasteiger partial charge in [0.05, 0.1) is 0 Å². The molecule has 0 saturated heterocycles. The number of fused-ring (bicyclic) bond motifs is 1. The predicted octanol–water partition coefficient (Wildman–Crippen LogP) is 0.800. The maximum atomic E-state index is 10.5. The molecule has 0 radical (unpaired) electrons. The summed E-state index contributed by atoms with van der Waals surface area (Å²) in [6.45, 7) is 0. The third-order valence-corrected chi connectivity index (χ3v) is 1.52. The number of carboxylic acid groups (broad SMARTS) is 1. The molecular weight excluding hydrogens is 180 g/mol. The number of nitrogens with zero attached hydrogens (tertiary/aromatic N) is 2. The van der Waals surface area contributed by atoms with E-state index in [4.69, 9.17) is 5.11 Å². The van der Waals surface area contributed by atoms with Gasteiger partial charge in [0.15, 0.2) is 5.71 Å². The highest BCUT2D eigenvalue weighted by Gasteiger charge is 2.24. The van der Waals surface area contributed by atoms with E-state index in [1.807, 2.05) is 0 Å². The van der Waals surface area contributed by atoms with Crippen LogP contribution in [0.5, 0.6) is 0 Å². The zero-order chi connectivity index (χ0) is 7.84. The lowest BCUT2D eigenvalue weighted by atomic mass is 10.1. The number of rotatable bonds is 1. The van der Waals surface area contributed by atoms with Gasteiger partial charge in [-0.25, -0.2) is 9.79 Å². The van der Waals surface area contributed by atoms with Crippen molar-refractivity contribution in [2.24, 2.45) is 9.98 Å². The van der Waals surface area contributed by atoms with Gasteiger partial charge < -0.3 is 5.11 Å². The Kier molecular flexibility index (Phi) is 2.10. The van der Waals surface area contributed by atoms with Crippen molar-refractivity contribution in [1.82, 2.24) is 0 Å². The van der Waals surface area contributed by atoms with Gasteiger partial charge in [-0.1, -0.05) is 0 Å². The van der Waals surface area contributed by atoms with E-state index in [0.29, 0.717) is 5.57 Å². The number of carboxylic acids is 1. The first-order valence-corrected chi connectivity index (χ1v) is 3.04. The molecule has 2 rings (SSSR count). The second kappa shape index (κ2) is 2.91. The number of aliphatic imine (C=N–C) groups is 2. The molecule has 0 aliphatic carbocycles. The molecule has 4 nitrogen and oxygen atoms in total. The van der Waals surface area contributed by atoms with Crippen LogP contribution in [-0.2, 0) is 4.79 Å².